The molecule has 21 heavy (non-hydrogen) atoms. The van der Waals surface area contributed by atoms with E-state index in [1.165, 1.54) is 4.88 Å². The summed E-state index contributed by atoms with van der Waals surface area (Å²) in [6.07, 6.45) is 4.31. The lowest BCUT2D eigenvalue weighted by Gasteiger charge is -2.29. The van der Waals surface area contributed by atoms with Crippen molar-refractivity contribution in [2.24, 2.45) is 0 Å². The molecule has 2 heterocycles. The quantitative estimate of drug-likeness (QED) is 0.837. The highest BCUT2D eigenvalue weighted by molar-refractivity contribution is 7.84. The van der Waals surface area contributed by atoms with Crippen LogP contribution in [0.25, 0.3) is 0 Å². The Morgan fingerprint density at radius 3 is 2.86 bits per heavy atom. The molecule has 1 aromatic heterocycles. The fourth-order valence-electron chi connectivity index (χ4n) is 2.76. The third-order valence-electron chi connectivity index (χ3n) is 3.88. The van der Waals surface area contributed by atoms with Gasteiger partial charge in [-0.3, -0.25) is 14.3 Å². The van der Waals surface area contributed by atoms with Gasteiger partial charge in [0, 0.05) is 33.7 Å². The van der Waals surface area contributed by atoms with Crippen LogP contribution in [0, 0.1) is 0 Å². The van der Waals surface area contributed by atoms with Crippen molar-refractivity contribution < 1.29 is 9.00 Å². The molecule has 1 aliphatic rings. The number of nitrogens with one attached hydrogen (secondary N) is 1. The first-order chi connectivity index (χ1) is 10.0. The lowest BCUT2D eigenvalue weighted by molar-refractivity contribution is -0.132. The number of hydrogen-bond donors (Lipinski definition) is 1. The number of carbonyl (C=O) groups excluding carboxylic acids is 1. The number of nitrogens with zero attached hydrogens (tertiary/aromatic N) is 1. The summed E-state index contributed by atoms with van der Waals surface area (Å²) in [5, 5.41) is 5.51. The Morgan fingerprint density at radius 1 is 1.52 bits per heavy atom. The van der Waals surface area contributed by atoms with E-state index in [2.05, 4.69) is 25.2 Å². The van der Waals surface area contributed by atoms with Gasteiger partial charge in [-0.1, -0.05) is 19.4 Å². The van der Waals surface area contributed by atoms with Gasteiger partial charge in [-0.05, 0) is 31.2 Å². The van der Waals surface area contributed by atoms with Crippen LogP contribution in [0.4, 0.5) is 0 Å². The molecule has 0 saturated carbocycles. The summed E-state index contributed by atoms with van der Waals surface area (Å²) in [5.41, 5.74) is 0. The fourth-order valence-corrected chi connectivity index (χ4v) is 4.21. The molecule has 4 unspecified atom stereocenters. The van der Waals surface area contributed by atoms with Crippen LogP contribution in [0.2, 0.25) is 0 Å². The molecule has 1 amide bonds. The SMILES string of the molecule is CCCC1NC(c2cccs2)N(C(C)CCS(C)=O)C1=O. The van der Waals surface area contributed by atoms with Gasteiger partial charge in [0.2, 0.25) is 5.91 Å². The molecule has 2 rings (SSSR count). The van der Waals surface area contributed by atoms with Crippen molar-refractivity contribution in [1.29, 1.82) is 0 Å². The molecule has 1 fully saturated rings. The molecule has 1 saturated heterocycles. The van der Waals surface area contributed by atoms with E-state index in [9.17, 15) is 9.00 Å². The number of thiophene rings is 1. The van der Waals surface area contributed by atoms with E-state index in [0.29, 0.717) is 5.75 Å². The first kappa shape index (κ1) is 16.6. The second kappa shape index (κ2) is 7.51. The zero-order valence-corrected chi connectivity index (χ0v) is 14.5. The van der Waals surface area contributed by atoms with Gasteiger partial charge in [-0.15, -0.1) is 11.3 Å². The molecular weight excluding hydrogens is 304 g/mol. The number of hydrogen-bond acceptors (Lipinski definition) is 4. The second-order valence-electron chi connectivity index (χ2n) is 5.59. The molecule has 0 bridgehead atoms. The van der Waals surface area contributed by atoms with Gasteiger partial charge in [-0.25, -0.2) is 0 Å². The van der Waals surface area contributed by atoms with Crippen molar-refractivity contribution in [2.75, 3.05) is 12.0 Å². The van der Waals surface area contributed by atoms with Gasteiger partial charge in [0.05, 0.1) is 6.04 Å². The van der Waals surface area contributed by atoms with Gasteiger partial charge in [-0.2, -0.15) is 0 Å². The highest BCUT2D eigenvalue weighted by Gasteiger charge is 2.41. The highest BCUT2D eigenvalue weighted by Crippen LogP contribution is 2.32. The normalized spacial score (nSPS) is 25.3. The van der Waals surface area contributed by atoms with Crippen LogP contribution in [0.5, 0.6) is 0 Å². The molecule has 0 radical (unpaired) electrons. The highest BCUT2D eigenvalue weighted by atomic mass is 32.2. The Hall–Kier alpha value is -0.720. The average Bonchev–Trinajstić information content (AvgIpc) is 3.05. The Balaban J connectivity index is 2.16. The maximum atomic E-state index is 12.7. The van der Waals surface area contributed by atoms with E-state index in [4.69, 9.17) is 0 Å². The largest absolute Gasteiger partial charge is 0.318 e. The molecule has 1 aliphatic heterocycles. The van der Waals surface area contributed by atoms with Gasteiger partial charge in [0.25, 0.3) is 0 Å². The van der Waals surface area contributed by atoms with Crippen molar-refractivity contribution in [2.45, 2.75) is 51.4 Å². The van der Waals surface area contributed by atoms with Crippen LogP contribution in [0.15, 0.2) is 17.5 Å². The molecule has 1 N–H and O–H groups in total. The maximum absolute atomic E-state index is 12.7. The number of amides is 1. The van der Waals surface area contributed by atoms with Crippen LogP contribution in [-0.2, 0) is 15.6 Å². The molecule has 4 atom stereocenters. The summed E-state index contributed by atoms with van der Waals surface area (Å²) in [6.45, 7) is 4.16. The predicted octanol–water partition coefficient (Wildman–Crippen LogP) is 2.50. The first-order valence-electron chi connectivity index (χ1n) is 7.46. The van der Waals surface area contributed by atoms with Gasteiger partial charge in [0.15, 0.2) is 0 Å². The minimum atomic E-state index is -0.813. The zero-order valence-electron chi connectivity index (χ0n) is 12.9. The average molecular weight is 329 g/mol. The molecule has 0 aliphatic carbocycles. The molecule has 0 spiro atoms. The summed E-state index contributed by atoms with van der Waals surface area (Å²) in [4.78, 5) is 15.8. The Labute approximate surface area is 133 Å². The van der Waals surface area contributed by atoms with Crippen LogP contribution < -0.4 is 5.32 Å². The van der Waals surface area contributed by atoms with E-state index in [0.717, 1.165) is 19.3 Å². The van der Waals surface area contributed by atoms with Gasteiger partial charge in [0.1, 0.15) is 6.17 Å². The topological polar surface area (TPSA) is 49.4 Å². The first-order valence-corrected chi connectivity index (χ1v) is 10.1. The monoisotopic (exact) mass is 328 g/mol. The Morgan fingerprint density at radius 2 is 2.29 bits per heavy atom. The van der Waals surface area contributed by atoms with Crippen molar-refractivity contribution >= 4 is 28.0 Å². The molecule has 6 heteroatoms. The van der Waals surface area contributed by atoms with Crippen molar-refractivity contribution in [3.8, 4) is 0 Å². The van der Waals surface area contributed by atoms with Crippen LogP contribution in [0.3, 0.4) is 0 Å². The van der Waals surface area contributed by atoms with E-state index in [1.54, 1.807) is 17.6 Å². The fraction of sp³-hybridized carbons (Fsp3) is 0.667. The molecule has 0 aromatic carbocycles. The lowest BCUT2D eigenvalue weighted by Crippen LogP contribution is -2.39. The van der Waals surface area contributed by atoms with Crippen LogP contribution >= 0.6 is 11.3 Å². The minimum Gasteiger partial charge on any atom is -0.318 e. The summed E-state index contributed by atoms with van der Waals surface area (Å²) in [5.74, 6) is 0.824. The second-order valence-corrected chi connectivity index (χ2v) is 8.12. The predicted molar refractivity (Wildman–Crippen MR) is 88.8 cm³/mol. The van der Waals surface area contributed by atoms with Crippen LogP contribution in [0.1, 0.15) is 44.2 Å². The van der Waals surface area contributed by atoms with Crippen LogP contribution in [-0.4, -0.2) is 39.1 Å². The lowest BCUT2D eigenvalue weighted by atomic mass is 10.1. The smallest absolute Gasteiger partial charge is 0.241 e. The third-order valence-corrected chi connectivity index (χ3v) is 5.61. The van der Waals surface area contributed by atoms with Crippen molar-refractivity contribution in [3.63, 3.8) is 0 Å². The summed E-state index contributed by atoms with van der Waals surface area (Å²) in [7, 11) is -0.813. The molecule has 1 aromatic rings. The molecule has 118 valence electrons. The Bertz CT molecular complexity index is 490. The summed E-state index contributed by atoms with van der Waals surface area (Å²) >= 11 is 1.67. The standard InChI is InChI=1S/C15H24N2O2S2/c1-4-6-12-15(18)17(11(2)8-10-21(3)19)14(16-12)13-7-5-9-20-13/h5,7,9,11-12,14,16H,4,6,8,10H2,1-3H3. The number of rotatable bonds is 7. The maximum Gasteiger partial charge on any atom is 0.241 e. The van der Waals surface area contributed by atoms with E-state index >= 15 is 0 Å². The summed E-state index contributed by atoms with van der Waals surface area (Å²) < 4.78 is 11.3. The molecular formula is C15H24N2O2S2. The minimum absolute atomic E-state index is 0.0330. The summed E-state index contributed by atoms with van der Waals surface area (Å²) in [6, 6.07) is 4.10. The number of carbonyl (C=O) groups is 1. The van der Waals surface area contributed by atoms with Crippen molar-refractivity contribution in [3.05, 3.63) is 22.4 Å². The zero-order chi connectivity index (χ0) is 15.4. The van der Waals surface area contributed by atoms with E-state index in [1.807, 2.05) is 16.3 Å². The van der Waals surface area contributed by atoms with E-state index in [-0.39, 0.29) is 24.2 Å². The van der Waals surface area contributed by atoms with Crippen molar-refractivity contribution in [1.82, 2.24) is 10.2 Å². The third kappa shape index (κ3) is 3.93. The van der Waals surface area contributed by atoms with Gasteiger partial charge >= 0.3 is 0 Å². The molecule has 4 nitrogen and oxygen atoms in total. The van der Waals surface area contributed by atoms with E-state index < -0.39 is 10.8 Å². The van der Waals surface area contributed by atoms with Gasteiger partial charge < -0.3 is 4.90 Å². The Kier molecular flexibility index (Phi) is 5.96.